The molecule has 150 valence electrons. The molecule has 0 bridgehead atoms. The molecule has 2 amide bonds. The van der Waals surface area contributed by atoms with Gasteiger partial charge in [-0.1, -0.05) is 51.3 Å². The Morgan fingerprint density at radius 1 is 1.07 bits per heavy atom. The first-order valence-electron chi connectivity index (χ1n) is 8.46. The second-order valence-electron chi connectivity index (χ2n) is 5.79. The van der Waals surface area contributed by atoms with Gasteiger partial charge in [0.25, 0.3) is 0 Å². The van der Waals surface area contributed by atoms with Crippen molar-refractivity contribution < 1.29 is 14.3 Å². The molecule has 0 aliphatic heterocycles. The third kappa shape index (κ3) is 5.30. The van der Waals surface area contributed by atoms with Crippen LogP contribution in [0.2, 0.25) is 10.0 Å². The highest BCUT2D eigenvalue weighted by molar-refractivity contribution is 9.10. The van der Waals surface area contributed by atoms with Gasteiger partial charge in [0.15, 0.2) is 0 Å². The topological polar surface area (TPSA) is 67.4 Å². The zero-order valence-corrected chi connectivity index (χ0v) is 19.0. The Kier molecular flexibility index (Phi) is 7.18. The predicted octanol–water partition coefficient (Wildman–Crippen LogP) is 7.31. The number of hydrogen-bond donors (Lipinski definition) is 2. The molecule has 29 heavy (non-hydrogen) atoms. The number of halogens is 3. The maximum Gasteiger partial charge on any atom is 0.341 e. The summed E-state index contributed by atoms with van der Waals surface area (Å²) in [6.45, 7) is 1.96. The van der Waals surface area contributed by atoms with Gasteiger partial charge in [-0.25, -0.2) is 9.59 Å². The van der Waals surface area contributed by atoms with Gasteiger partial charge in [0.1, 0.15) is 10.6 Å². The first-order chi connectivity index (χ1) is 13.9. The smallest absolute Gasteiger partial charge is 0.341 e. The van der Waals surface area contributed by atoms with Crippen LogP contribution in [-0.2, 0) is 4.74 Å². The largest absolute Gasteiger partial charge is 0.462 e. The van der Waals surface area contributed by atoms with Crippen LogP contribution in [0.4, 0.5) is 15.5 Å². The van der Waals surface area contributed by atoms with E-state index < -0.39 is 12.0 Å². The summed E-state index contributed by atoms with van der Waals surface area (Å²) in [4.78, 5) is 25.0. The van der Waals surface area contributed by atoms with Gasteiger partial charge in [0, 0.05) is 21.1 Å². The number of ether oxygens (including phenoxy) is 1. The summed E-state index contributed by atoms with van der Waals surface area (Å²) in [5, 5.41) is 8.30. The van der Waals surface area contributed by atoms with E-state index in [0.717, 1.165) is 10.0 Å². The molecule has 3 aromatic rings. The minimum atomic E-state index is -0.516. The lowest BCUT2D eigenvalue weighted by atomic mass is 10.0. The SMILES string of the molecule is CCOC(=O)c1c(-c2ccc(Br)cc2)csc1NC(=O)Nc1ccc(Cl)c(Cl)c1. The lowest BCUT2D eigenvalue weighted by molar-refractivity contribution is 0.0529. The van der Waals surface area contributed by atoms with Crippen molar-refractivity contribution in [2.75, 3.05) is 17.2 Å². The standard InChI is InChI=1S/C20H15BrCl2N2O3S/c1-2-28-19(26)17-14(11-3-5-12(21)6-4-11)10-29-18(17)25-20(27)24-13-7-8-15(22)16(23)9-13/h3-10H,2H2,1H3,(H2,24,25,27). The molecular weight excluding hydrogens is 499 g/mol. The van der Waals surface area contributed by atoms with Gasteiger partial charge in [0.2, 0.25) is 0 Å². The van der Waals surface area contributed by atoms with Crippen LogP contribution in [0.25, 0.3) is 11.1 Å². The number of amides is 2. The molecule has 3 rings (SSSR count). The van der Waals surface area contributed by atoms with Crippen LogP contribution < -0.4 is 10.6 Å². The molecular formula is C20H15BrCl2N2O3S. The van der Waals surface area contributed by atoms with E-state index in [4.69, 9.17) is 27.9 Å². The molecule has 0 fully saturated rings. The quantitative estimate of drug-likeness (QED) is 0.351. The average molecular weight is 514 g/mol. The first-order valence-corrected chi connectivity index (χ1v) is 10.9. The van der Waals surface area contributed by atoms with E-state index in [1.54, 1.807) is 19.1 Å². The predicted molar refractivity (Wildman–Crippen MR) is 123 cm³/mol. The highest BCUT2D eigenvalue weighted by Gasteiger charge is 2.23. The van der Waals surface area contributed by atoms with E-state index in [-0.39, 0.29) is 6.61 Å². The van der Waals surface area contributed by atoms with E-state index in [0.29, 0.717) is 31.9 Å². The van der Waals surface area contributed by atoms with Crippen LogP contribution in [0.3, 0.4) is 0 Å². The fourth-order valence-electron chi connectivity index (χ4n) is 2.54. The number of anilines is 2. The molecule has 1 aromatic heterocycles. The molecule has 2 N–H and O–H groups in total. The van der Waals surface area contributed by atoms with Crippen LogP contribution in [0, 0.1) is 0 Å². The van der Waals surface area contributed by atoms with Gasteiger partial charge in [-0.05, 0) is 42.8 Å². The molecule has 0 unspecified atom stereocenters. The van der Waals surface area contributed by atoms with Crippen molar-refractivity contribution >= 4 is 73.2 Å². The summed E-state index contributed by atoms with van der Waals surface area (Å²) in [5.41, 5.74) is 2.30. The van der Waals surface area contributed by atoms with Gasteiger partial charge in [-0.15, -0.1) is 11.3 Å². The zero-order chi connectivity index (χ0) is 21.0. The Bertz CT molecular complexity index is 1050. The second kappa shape index (κ2) is 9.63. The van der Waals surface area contributed by atoms with Crippen molar-refractivity contribution in [3.63, 3.8) is 0 Å². The summed E-state index contributed by atoms with van der Waals surface area (Å²) in [6.07, 6.45) is 0. The molecule has 0 radical (unpaired) electrons. The second-order valence-corrected chi connectivity index (χ2v) is 8.40. The number of thiophene rings is 1. The van der Waals surface area contributed by atoms with Crippen molar-refractivity contribution in [2.24, 2.45) is 0 Å². The monoisotopic (exact) mass is 512 g/mol. The number of urea groups is 1. The van der Waals surface area contributed by atoms with Crippen LogP contribution in [0.1, 0.15) is 17.3 Å². The van der Waals surface area contributed by atoms with Gasteiger partial charge < -0.3 is 10.1 Å². The number of rotatable bonds is 5. The third-order valence-corrected chi connectivity index (χ3v) is 5.99. The molecule has 0 spiro atoms. The van der Waals surface area contributed by atoms with Crippen molar-refractivity contribution in [3.05, 3.63) is 67.9 Å². The Hall–Kier alpha value is -2.06. The van der Waals surface area contributed by atoms with E-state index >= 15 is 0 Å². The number of carbonyl (C=O) groups excluding carboxylic acids is 2. The number of nitrogens with one attached hydrogen (secondary N) is 2. The Morgan fingerprint density at radius 2 is 1.79 bits per heavy atom. The number of carbonyl (C=O) groups is 2. The van der Waals surface area contributed by atoms with Crippen LogP contribution in [0.5, 0.6) is 0 Å². The normalized spacial score (nSPS) is 10.5. The maximum atomic E-state index is 12.6. The van der Waals surface area contributed by atoms with Crippen molar-refractivity contribution in [1.29, 1.82) is 0 Å². The van der Waals surface area contributed by atoms with E-state index in [9.17, 15) is 9.59 Å². The summed E-state index contributed by atoms with van der Waals surface area (Å²) in [7, 11) is 0. The summed E-state index contributed by atoms with van der Waals surface area (Å²) in [6, 6.07) is 11.8. The average Bonchev–Trinajstić information content (AvgIpc) is 3.09. The molecule has 0 aliphatic carbocycles. The molecule has 1 heterocycles. The number of hydrogen-bond acceptors (Lipinski definition) is 4. The van der Waals surface area contributed by atoms with E-state index in [2.05, 4.69) is 26.6 Å². The zero-order valence-electron chi connectivity index (χ0n) is 15.1. The molecule has 0 aliphatic rings. The molecule has 2 aromatic carbocycles. The number of esters is 1. The highest BCUT2D eigenvalue weighted by Crippen LogP contribution is 2.37. The van der Waals surface area contributed by atoms with Crippen molar-refractivity contribution in [3.8, 4) is 11.1 Å². The Labute approximate surface area is 190 Å². The minimum Gasteiger partial charge on any atom is -0.462 e. The Balaban J connectivity index is 1.87. The van der Waals surface area contributed by atoms with E-state index in [1.165, 1.54) is 17.4 Å². The minimum absolute atomic E-state index is 0.226. The van der Waals surface area contributed by atoms with Gasteiger partial charge in [-0.2, -0.15) is 0 Å². The lowest BCUT2D eigenvalue weighted by Crippen LogP contribution is -2.20. The van der Waals surface area contributed by atoms with E-state index in [1.807, 2.05) is 29.6 Å². The molecule has 5 nitrogen and oxygen atoms in total. The first kappa shape index (κ1) is 21.6. The van der Waals surface area contributed by atoms with Gasteiger partial charge in [-0.3, -0.25) is 5.32 Å². The number of benzene rings is 2. The van der Waals surface area contributed by atoms with Crippen LogP contribution in [-0.4, -0.2) is 18.6 Å². The van der Waals surface area contributed by atoms with Gasteiger partial charge >= 0.3 is 12.0 Å². The Morgan fingerprint density at radius 3 is 2.45 bits per heavy atom. The van der Waals surface area contributed by atoms with Crippen molar-refractivity contribution in [1.82, 2.24) is 0 Å². The van der Waals surface area contributed by atoms with Crippen molar-refractivity contribution in [2.45, 2.75) is 6.92 Å². The molecule has 0 saturated carbocycles. The molecule has 0 saturated heterocycles. The van der Waals surface area contributed by atoms with Gasteiger partial charge in [0.05, 0.1) is 16.7 Å². The van der Waals surface area contributed by atoms with Crippen LogP contribution >= 0.6 is 50.5 Å². The molecule has 0 atom stereocenters. The summed E-state index contributed by atoms with van der Waals surface area (Å²) in [5.74, 6) is -0.503. The van der Waals surface area contributed by atoms with Crippen LogP contribution in [0.15, 0.2) is 52.3 Å². The highest BCUT2D eigenvalue weighted by atomic mass is 79.9. The fraction of sp³-hybridized carbons (Fsp3) is 0.100. The third-order valence-electron chi connectivity index (χ3n) is 3.83. The summed E-state index contributed by atoms with van der Waals surface area (Å²) < 4.78 is 6.12. The summed E-state index contributed by atoms with van der Waals surface area (Å²) >= 11 is 16.5. The fourth-order valence-corrected chi connectivity index (χ4v) is 4.05. The maximum absolute atomic E-state index is 12.6. The lowest BCUT2D eigenvalue weighted by Gasteiger charge is -2.10. The molecule has 9 heteroatoms.